The first kappa shape index (κ1) is 31.5. The number of aliphatic carboxylic acids is 2. The Bertz CT molecular complexity index is 783. The van der Waals surface area contributed by atoms with Crippen molar-refractivity contribution in [1.82, 2.24) is 16.0 Å². The van der Waals surface area contributed by atoms with E-state index in [2.05, 4.69) is 20.9 Å². The van der Waals surface area contributed by atoms with E-state index in [-0.39, 0.29) is 38.2 Å². The van der Waals surface area contributed by atoms with Gasteiger partial charge in [-0.15, -0.1) is 0 Å². The molecule has 0 aliphatic carbocycles. The van der Waals surface area contributed by atoms with Gasteiger partial charge in [0.1, 0.15) is 18.1 Å². The molecule has 12 N–H and O–H groups in total. The van der Waals surface area contributed by atoms with Gasteiger partial charge in [0.05, 0.1) is 12.1 Å². The number of amides is 3. The summed E-state index contributed by atoms with van der Waals surface area (Å²) in [5, 5.41) is 35.1. The van der Waals surface area contributed by atoms with Crippen molar-refractivity contribution in [3.63, 3.8) is 0 Å². The van der Waals surface area contributed by atoms with Crippen molar-refractivity contribution >= 4 is 35.6 Å². The molecule has 15 nitrogen and oxygen atoms in total. The van der Waals surface area contributed by atoms with Gasteiger partial charge in [0, 0.05) is 13.0 Å². The number of aliphatic imine (C=N–C) groups is 1. The van der Waals surface area contributed by atoms with Crippen LogP contribution in [0.4, 0.5) is 0 Å². The average Bonchev–Trinajstić information content (AvgIpc) is 2.74. The van der Waals surface area contributed by atoms with Crippen LogP contribution in [0, 0.1) is 5.92 Å². The molecule has 200 valence electrons. The first-order valence-corrected chi connectivity index (χ1v) is 11.0. The maximum Gasteiger partial charge on any atom is 0.326 e. The van der Waals surface area contributed by atoms with Gasteiger partial charge in [-0.3, -0.25) is 24.2 Å². The van der Waals surface area contributed by atoms with Crippen LogP contribution in [0.3, 0.4) is 0 Å². The van der Waals surface area contributed by atoms with Crippen molar-refractivity contribution in [3.8, 4) is 0 Å². The van der Waals surface area contributed by atoms with Crippen LogP contribution in [0.15, 0.2) is 4.99 Å². The SMILES string of the molecule is CC(C)C(NC(=O)C(NC(=O)C(CCCN=C(N)N)NC(=O)C(N)CCC(=O)O)C(C)O)C(=O)O. The van der Waals surface area contributed by atoms with Gasteiger partial charge in [0.2, 0.25) is 17.7 Å². The largest absolute Gasteiger partial charge is 0.481 e. The molecule has 0 aliphatic rings. The van der Waals surface area contributed by atoms with Crippen molar-refractivity contribution in [1.29, 1.82) is 0 Å². The molecule has 0 aromatic carbocycles. The Morgan fingerprint density at radius 2 is 1.43 bits per heavy atom. The average molecular weight is 504 g/mol. The second-order valence-electron chi connectivity index (χ2n) is 8.34. The molecule has 15 heteroatoms. The number of nitrogens with zero attached hydrogens (tertiary/aromatic N) is 1. The molecular formula is C20H37N7O8. The molecule has 0 fully saturated rings. The molecule has 35 heavy (non-hydrogen) atoms. The number of nitrogens with one attached hydrogen (secondary N) is 3. The molecule has 0 aromatic rings. The van der Waals surface area contributed by atoms with Crippen molar-refractivity contribution in [2.75, 3.05) is 6.54 Å². The zero-order valence-corrected chi connectivity index (χ0v) is 20.1. The maximum absolute atomic E-state index is 12.9. The number of aliphatic hydroxyl groups excluding tert-OH is 1. The second-order valence-corrected chi connectivity index (χ2v) is 8.34. The van der Waals surface area contributed by atoms with E-state index < -0.39 is 65.8 Å². The number of carboxylic acids is 2. The van der Waals surface area contributed by atoms with Gasteiger partial charge >= 0.3 is 11.9 Å². The monoisotopic (exact) mass is 503 g/mol. The highest BCUT2D eigenvalue weighted by molar-refractivity contribution is 5.94. The van der Waals surface area contributed by atoms with Gasteiger partial charge in [-0.2, -0.15) is 0 Å². The summed E-state index contributed by atoms with van der Waals surface area (Å²) in [7, 11) is 0. The van der Waals surface area contributed by atoms with Gasteiger partial charge < -0.3 is 48.5 Å². The van der Waals surface area contributed by atoms with E-state index >= 15 is 0 Å². The smallest absolute Gasteiger partial charge is 0.326 e. The van der Waals surface area contributed by atoms with Crippen molar-refractivity contribution < 1.29 is 39.3 Å². The van der Waals surface area contributed by atoms with Gasteiger partial charge in [-0.1, -0.05) is 13.8 Å². The first-order chi connectivity index (χ1) is 16.2. The highest BCUT2D eigenvalue weighted by atomic mass is 16.4. The van der Waals surface area contributed by atoms with E-state index in [1.54, 1.807) is 13.8 Å². The van der Waals surface area contributed by atoms with Gasteiger partial charge in [0.25, 0.3) is 0 Å². The lowest BCUT2D eigenvalue weighted by atomic mass is 10.0. The van der Waals surface area contributed by atoms with Crippen LogP contribution < -0.4 is 33.2 Å². The Kier molecular flexibility index (Phi) is 13.9. The Hall–Kier alpha value is -3.46. The van der Waals surface area contributed by atoms with Gasteiger partial charge in [0.15, 0.2) is 5.96 Å². The molecule has 5 unspecified atom stereocenters. The number of nitrogens with two attached hydrogens (primary N) is 3. The number of guanidine groups is 1. The van der Waals surface area contributed by atoms with E-state index in [1.165, 1.54) is 6.92 Å². The summed E-state index contributed by atoms with van der Waals surface area (Å²) in [5.74, 6) is -5.66. The van der Waals surface area contributed by atoms with Crippen LogP contribution in [0.25, 0.3) is 0 Å². The zero-order chi connectivity index (χ0) is 27.3. The molecule has 5 atom stereocenters. The molecule has 0 bridgehead atoms. The summed E-state index contributed by atoms with van der Waals surface area (Å²) in [6, 6.07) is -5.23. The molecule has 0 aliphatic heterocycles. The zero-order valence-electron chi connectivity index (χ0n) is 20.1. The normalized spacial score (nSPS) is 15.1. The summed E-state index contributed by atoms with van der Waals surface area (Å²) in [4.78, 5) is 63.8. The fourth-order valence-electron chi connectivity index (χ4n) is 2.88. The number of carbonyl (C=O) groups excluding carboxylic acids is 3. The minimum Gasteiger partial charge on any atom is -0.481 e. The maximum atomic E-state index is 12.9. The standard InChI is InChI=1S/C20H37N7O8/c1-9(2)14(19(34)35)26-18(33)15(10(3)28)27-17(32)12(5-4-8-24-20(22)23)25-16(31)11(21)6-7-13(29)30/h9-12,14-15,28H,4-8,21H2,1-3H3,(H,25,31)(H,26,33)(H,27,32)(H,29,30)(H,34,35)(H4,22,23,24). The van der Waals surface area contributed by atoms with Gasteiger partial charge in [-0.05, 0) is 32.1 Å². The van der Waals surface area contributed by atoms with Crippen LogP contribution in [0.2, 0.25) is 0 Å². The van der Waals surface area contributed by atoms with Crippen LogP contribution in [-0.2, 0) is 24.0 Å². The summed E-state index contributed by atoms with van der Waals surface area (Å²) in [6.07, 6.45) is -1.69. The van der Waals surface area contributed by atoms with Crippen LogP contribution in [0.1, 0.15) is 46.5 Å². The van der Waals surface area contributed by atoms with E-state index in [9.17, 15) is 34.2 Å². The molecule has 0 heterocycles. The second kappa shape index (κ2) is 15.4. The third-order valence-corrected chi connectivity index (χ3v) is 4.88. The molecule has 0 aromatic heterocycles. The van der Waals surface area contributed by atoms with E-state index in [1.807, 2.05) is 0 Å². The van der Waals surface area contributed by atoms with E-state index in [4.69, 9.17) is 22.3 Å². The number of aliphatic hydroxyl groups is 1. The molecule has 0 saturated carbocycles. The lowest BCUT2D eigenvalue weighted by molar-refractivity contribution is -0.144. The lowest BCUT2D eigenvalue weighted by Crippen LogP contribution is -2.60. The minimum atomic E-state index is -1.53. The fourth-order valence-corrected chi connectivity index (χ4v) is 2.88. The predicted octanol–water partition coefficient (Wildman–Crippen LogP) is -3.19. The third-order valence-electron chi connectivity index (χ3n) is 4.88. The summed E-state index contributed by atoms with van der Waals surface area (Å²) in [5.41, 5.74) is 16.2. The number of hydrogen-bond donors (Lipinski definition) is 9. The van der Waals surface area contributed by atoms with Crippen LogP contribution in [0.5, 0.6) is 0 Å². The summed E-state index contributed by atoms with van der Waals surface area (Å²) < 4.78 is 0. The Morgan fingerprint density at radius 1 is 0.857 bits per heavy atom. The fraction of sp³-hybridized carbons (Fsp3) is 0.700. The predicted molar refractivity (Wildman–Crippen MR) is 125 cm³/mol. The quantitative estimate of drug-likeness (QED) is 0.0574. The lowest BCUT2D eigenvalue weighted by Gasteiger charge is -2.27. The molecular weight excluding hydrogens is 466 g/mol. The number of rotatable bonds is 16. The number of hydrogen-bond acceptors (Lipinski definition) is 8. The summed E-state index contributed by atoms with van der Waals surface area (Å²) in [6.45, 7) is 4.50. The van der Waals surface area contributed by atoms with E-state index in [0.717, 1.165) is 0 Å². The van der Waals surface area contributed by atoms with Crippen molar-refractivity contribution in [2.24, 2.45) is 28.1 Å². The molecule has 0 rings (SSSR count). The summed E-state index contributed by atoms with van der Waals surface area (Å²) >= 11 is 0. The molecule has 0 spiro atoms. The number of carboxylic acid groups (broad SMARTS) is 2. The molecule has 3 amide bonds. The Morgan fingerprint density at radius 3 is 1.89 bits per heavy atom. The minimum absolute atomic E-state index is 0.0118. The Labute approximate surface area is 202 Å². The third kappa shape index (κ3) is 12.5. The highest BCUT2D eigenvalue weighted by Gasteiger charge is 2.33. The molecule has 0 radical (unpaired) electrons. The van der Waals surface area contributed by atoms with E-state index in [0.29, 0.717) is 0 Å². The van der Waals surface area contributed by atoms with Crippen LogP contribution in [-0.4, -0.2) is 87.8 Å². The van der Waals surface area contributed by atoms with Crippen molar-refractivity contribution in [3.05, 3.63) is 0 Å². The topological polar surface area (TPSA) is 273 Å². The first-order valence-electron chi connectivity index (χ1n) is 11.0. The highest BCUT2D eigenvalue weighted by Crippen LogP contribution is 2.06. The molecule has 0 saturated heterocycles. The number of carbonyl (C=O) groups is 5. The van der Waals surface area contributed by atoms with Crippen molar-refractivity contribution in [2.45, 2.75) is 76.7 Å². The van der Waals surface area contributed by atoms with Crippen LogP contribution >= 0.6 is 0 Å². The Balaban J connectivity index is 5.52. The van der Waals surface area contributed by atoms with Gasteiger partial charge in [-0.25, -0.2) is 4.79 Å².